The van der Waals surface area contributed by atoms with Gasteiger partial charge in [-0.15, -0.1) is 23.1 Å². The number of carboxylic acids is 1. The summed E-state index contributed by atoms with van der Waals surface area (Å²) in [6.45, 7) is 1.73. The van der Waals surface area contributed by atoms with Gasteiger partial charge in [0.1, 0.15) is 4.88 Å². The minimum atomic E-state index is -0.907. The Hall–Kier alpha value is -1.01. The second kappa shape index (κ2) is 6.96. The first-order chi connectivity index (χ1) is 9.16. The maximum absolute atomic E-state index is 12.1. The molecule has 0 saturated carbocycles. The van der Waals surface area contributed by atoms with E-state index in [1.807, 2.05) is 4.90 Å². The van der Waals surface area contributed by atoms with Crippen LogP contribution in [0.25, 0.3) is 0 Å². The van der Waals surface area contributed by atoms with Crippen LogP contribution in [0.15, 0.2) is 16.3 Å². The van der Waals surface area contributed by atoms with E-state index < -0.39 is 5.97 Å². The Bertz CT molecular complexity index is 450. The Balaban J connectivity index is 1.83. The topological polar surface area (TPSA) is 57.6 Å². The average Bonchev–Trinajstić information content (AvgIpc) is 2.70. The van der Waals surface area contributed by atoms with Crippen molar-refractivity contribution >= 4 is 35.0 Å². The predicted molar refractivity (Wildman–Crippen MR) is 77.1 cm³/mol. The third-order valence-electron chi connectivity index (χ3n) is 3.11. The van der Waals surface area contributed by atoms with E-state index in [4.69, 9.17) is 5.11 Å². The van der Waals surface area contributed by atoms with Gasteiger partial charge < -0.3 is 10.0 Å². The lowest BCUT2D eigenvalue weighted by Gasteiger charge is -2.19. The Labute approximate surface area is 120 Å². The van der Waals surface area contributed by atoms with Gasteiger partial charge in [0.15, 0.2) is 0 Å². The molecular formula is C13H17NO3S2. The van der Waals surface area contributed by atoms with Gasteiger partial charge >= 0.3 is 5.97 Å². The van der Waals surface area contributed by atoms with Crippen LogP contribution in [0, 0.1) is 0 Å². The average molecular weight is 299 g/mol. The number of carbonyl (C=O) groups is 2. The molecule has 0 aromatic carbocycles. The van der Waals surface area contributed by atoms with Gasteiger partial charge in [-0.25, -0.2) is 4.79 Å². The second-order valence-electron chi connectivity index (χ2n) is 4.54. The van der Waals surface area contributed by atoms with Gasteiger partial charge in [-0.3, -0.25) is 4.79 Å². The minimum Gasteiger partial charge on any atom is -0.477 e. The summed E-state index contributed by atoms with van der Waals surface area (Å²) in [4.78, 5) is 25.9. The Morgan fingerprint density at radius 1 is 1.26 bits per heavy atom. The summed E-state index contributed by atoms with van der Waals surface area (Å²) in [6, 6.07) is 1.63. The molecule has 1 aliphatic heterocycles. The first-order valence-electron chi connectivity index (χ1n) is 6.39. The monoisotopic (exact) mass is 299 g/mol. The van der Waals surface area contributed by atoms with Crippen molar-refractivity contribution in [2.75, 3.05) is 18.8 Å². The molecule has 1 aromatic rings. The number of likely N-dealkylation sites (tertiary alicyclic amines) is 1. The van der Waals surface area contributed by atoms with E-state index in [1.165, 1.54) is 35.9 Å². The number of thiophene rings is 1. The molecule has 0 unspecified atom stereocenters. The van der Waals surface area contributed by atoms with E-state index in [-0.39, 0.29) is 5.91 Å². The van der Waals surface area contributed by atoms with Crippen LogP contribution >= 0.6 is 23.1 Å². The molecule has 1 saturated heterocycles. The first-order valence-corrected chi connectivity index (χ1v) is 8.26. The zero-order chi connectivity index (χ0) is 13.7. The Morgan fingerprint density at radius 2 is 1.95 bits per heavy atom. The van der Waals surface area contributed by atoms with E-state index in [0.29, 0.717) is 10.6 Å². The lowest BCUT2D eigenvalue weighted by molar-refractivity contribution is -0.128. The number of carbonyl (C=O) groups excluding carboxylic acids is 1. The summed E-state index contributed by atoms with van der Waals surface area (Å²) >= 11 is 2.63. The molecule has 0 bridgehead atoms. The maximum Gasteiger partial charge on any atom is 0.345 e. The largest absolute Gasteiger partial charge is 0.477 e. The smallest absolute Gasteiger partial charge is 0.345 e. The summed E-state index contributed by atoms with van der Waals surface area (Å²) in [6.07, 6.45) is 4.61. The van der Waals surface area contributed by atoms with Crippen molar-refractivity contribution < 1.29 is 14.7 Å². The summed E-state index contributed by atoms with van der Waals surface area (Å²) in [5, 5.41) is 10.6. The number of amides is 1. The van der Waals surface area contributed by atoms with Crippen molar-refractivity contribution in [2.45, 2.75) is 30.6 Å². The van der Waals surface area contributed by atoms with Gasteiger partial charge in [0, 0.05) is 23.4 Å². The molecule has 1 aliphatic rings. The quantitative estimate of drug-likeness (QED) is 0.868. The summed E-state index contributed by atoms with van der Waals surface area (Å²) in [7, 11) is 0. The molecule has 2 heterocycles. The SMILES string of the molecule is O=C(O)c1cc(SCC(=O)N2CCCCCC2)cs1. The summed E-state index contributed by atoms with van der Waals surface area (Å²) in [5.74, 6) is -0.346. The predicted octanol–water partition coefficient (Wildman–Crippen LogP) is 2.94. The Morgan fingerprint density at radius 3 is 2.53 bits per heavy atom. The van der Waals surface area contributed by atoms with E-state index in [0.717, 1.165) is 30.8 Å². The number of nitrogens with zero attached hydrogens (tertiary/aromatic N) is 1. The molecule has 19 heavy (non-hydrogen) atoms. The van der Waals surface area contributed by atoms with Crippen LogP contribution in [0.1, 0.15) is 35.4 Å². The van der Waals surface area contributed by atoms with Gasteiger partial charge in [0.2, 0.25) is 5.91 Å². The number of thioether (sulfide) groups is 1. The van der Waals surface area contributed by atoms with E-state index in [2.05, 4.69) is 0 Å². The number of rotatable bonds is 4. The number of hydrogen-bond donors (Lipinski definition) is 1. The molecule has 1 N–H and O–H groups in total. The highest BCUT2D eigenvalue weighted by Gasteiger charge is 2.16. The first kappa shape index (κ1) is 14.4. The molecule has 6 heteroatoms. The molecule has 1 aromatic heterocycles. The molecular weight excluding hydrogens is 282 g/mol. The zero-order valence-electron chi connectivity index (χ0n) is 10.6. The van der Waals surface area contributed by atoms with Crippen molar-refractivity contribution in [2.24, 2.45) is 0 Å². The minimum absolute atomic E-state index is 0.162. The highest BCUT2D eigenvalue weighted by Crippen LogP contribution is 2.25. The fourth-order valence-corrected chi connectivity index (χ4v) is 3.84. The lowest BCUT2D eigenvalue weighted by Crippen LogP contribution is -2.33. The van der Waals surface area contributed by atoms with E-state index in [1.54, 1.807) is 11.4 Å². The lowest BCUT2D eigenvalue weighted by atomic mass is 10.2. The highest BCUT2D eigenvalue weighted by atomic mass is 32.2. The van der Waals surface area contributed by atoms with Crippen LogP contribution in [0.5, 0.6) is 0 Å². The van der Waals surface area contributed by atoms with Gasteiger partial charge in [0.25, 0.3) is 0 Å². The number of hydrogen-bond acceptors (Lipinski definition) is 4. The van der Waals surface area contributed by atoms with Crippen molar-refractivity contribution in [3.63, 3.8) is 0 Å². The van der Waals surface area contributed by atoms with Crippen molar-refractivity contribution in [1.82, 2.24) is 4.90 Å². The number of aromatic carboxylic acids is 1. The summed E-state index contributed by atoms with van der Waals surface area (Å²) in [5.41, 5.74) is 0. The molecule has 0 radical (unpaired) electrons. The van der Waals surface area contributed by atoms with Gasteiger partial charge in [-0.05, 0) is 18.9 Å². The van der Waals surface area contributed by atoms with Crippen LogP contribution < -0.4 is 0 Å². The van der Waals surface area contributed by atoms with Crippen LogP contribution in [0.4, 0.5) is 0 Å². The van der Waals surface area contributed by atoms with Gasteiger partial charge in [-0.1, -0.05) is 12.8 Å². The molecule has 0 aliphatic carbocycles. The molecule has 4 nitrogen and oxygen atoms in total. The van der Waals surface area contributed by atoms with Crippen molar-refractivity contribution in [3.05, 3.63) is 16.3 Å². The highest BCUT2D eigenvalue weighted by molar-refractivity contribution is 8.00. The fraction of sp³-hybridized carbons (Fsp3) is 0.538. The Kier molecular flexibility index (Phi) is 5.27. The molecule has 0 atom stereocenters. The van der Waals surface area contributed by atoms with Crippen LogP contribution in [0.3, 0.4) is 0 Å². The maximum atomic E-state index is 12.1. The standard InChI is InChI=1S/C13H17NO3S2/c15-12(14-5-3-1-2-4-6-14)9-18-10-7-11(13(16)17)19-8-10/h7-8H,1-6,9H2,(H,16,17). The van der Waals surface area contributed by atoms with Gasteiger partial charge in [-0.2, -0.15) is 0 Å². The second-order valence-corrected chi connectivity index (χ2v) is 6.50. The molecule has 1 fully saturated rings. The normalized spacial score (nSPS) is 16.1. The number of carboxylic acid groups (broad SMARTS) is 1. The zero-order valence-corrected chi connectivity index (χ0v) is 12.3. The fourth-order valence-electron chi connectivity index (χ4n) is 2.06. The van der Waals surface area contributed by atoms with E-state index >= 15 is 0 Å². The van der Waals surface area contributed by atoms with E-state index in [9.17, 15) is 9.59 Å². The molecule has 0 spiro atoms. The van der Waals surface area contributed by atoms with Crippen LogP contribution in [-0.2, 0) is 4.79 Å². The summed E-state index contributed by atoms with van der Waals surface area (Å²) < 4.78 is 0. The van der Waals surface area contributed by atoms with Crippen molar-refractivity contribution in [1.29, 1.82) is 0 Å². The van der Waals surface area contributed by atoms with Gasteiger partial charge in [0.05, 0.1) is 5.75 Å². The van der Waals surface area contributed by atoms with Crippen LogP contribution in [0.2, 0.25) is 0 Å². The molecule has 2 rings (SSSR count). The van der Waals surface area contributed by atoms with Crippen molar-refractivity contribution in [3.8, 4) is 0 Å². The third kappa shape index (κ3) is 4.24. The third-order valence-corrected chi connectivity index (χ3v) is 5.13. The van der Waals surface area contributed by atoms with Crippen LogP contribution in [-0.4, -0.2) is 40.7 Å². The molecule has 1 amide bonds. The molecule has 104 valence electrons.